The van der Waals surface area contributed by atoms with Crippen LogP contribution < -0.4 is 5.32 Å². The Balaban J connectivity index is 1.69. The predicted molar refractivity (Wildman–Crippen MR) is 142 cm³/mol. The van der Waals surface area contributed by atoms with Crippen molar-refractivity contribution in [2.24, 2.45) is 4.99 Å². The SMILES string of the molecule is Cc1ccc(N=C2O/C(=C\c3ccccc3)C(c3ccccc3)=C2Nc2ccc(C)cc2)cc1. The molecule has 5 rings (SSSR count). The van der Waals surface area contributed by atoms with E-state index < -0.39 is 0 Å². The maximum absolute atomic E-state index is 6.45. The highest BCUT2D eigenvalue weighted by Gasteiger charge is 2.30. The third-order valence-electron chi connectivity index (χ3n) is 5.66. The van der Waals surface area contributed by atoms with Crippen LogP contribution in [0.15, 0.2) is 126 Å². The number of hydrogen-bond donors (Lipinski definition) is 1. The van der Waals surface area contributed by atoms with Crippen LogP contribution in [0.5, 0.6) is 0 Å². The molecular weight excluding hydrogens is 416 g/mol. The molecule has 4 aromatic carbocycles. The molecule has 4 aromatic rings. The predicted octanol–water partition coefficient (Wildman–Crippen LogP) is 7.93. The number of allylic oxidation sites excluding steroid dienone is 1. The Morgan fingerprint density at radius 2 is 1.26 bits per heavy atom. The van der Waals surface area contributed by atoms with Gasteiger partial charge in [0.05, 0.1) is 11.3 Å². The second-order valence-corrected chi connectivity index (χ2v) is 8.38. The molecule has 3 heteroatoms. The van der Waals surface area contributed by atoms with Crippen molar-refractivity contribution in [1.29, 1.82) is 0 Å². The van der Waals surface area contributed by atoms with E-state index in [1.807, 2.05) is 48.5 Å². The summed E-state index contributed by atoms with van der Waals surface area (Å²) < 4.78 is 6.45. The number of nitrogens with one attached hydrogen (secondary N) is 1. The van der Waals surface area contributed by atoms with Gasteiger partial charge in [-0.15, -0.1) is 0 Å². The summed E-state index contributed by atoms with van der Waals surface area (Å²) in [6.07, 6.45) is 2.07. The number of rotatable bonds is 5. The lowest BCUT2D eigenvalue weighted by Gasteiger charge is -2.10. The summed E-state index contributed by atoms with van der Waals surface area (Å²) >= 11 is 0. The molecule has 0 unspecified atom stereocenters. The minimum atomic E-state index is 0.547. The van der Waals surface area contributed by atoms with Gasteiger partial charge in [0.25, 0.3) is 0 Å². The molecule has 0 radical (unpaired) electrons. The first-order valence-corrected chi connectivity index (χ1v) is 11.4. The average Bonchev–Trinajstić information content (AvgIpc) is 3.19. The van der Waals surface area contributed by atoms with Gasteiger partial charge in [0.1, 0.15) is 11.5 Å². The molecule has 1 aliphatic rings. The first kappa shape index (κ1) is 21.5. The maximum atomic E-state index is 6.45. The fourth-order valence-electron chi connectivity index (χ4n) is 3.84. The van der Waals surface area contributed by atoms with Gasteiger partial charge in [0.2, 0.25) is 5.90 Å². The van der Waals surface area contributed by atoms with E-state index in [0.717, 1.165) is 39.5 Å². The van der Waals surface area contributed by atoms with Crippen molar-refractivity contribution in [3.05, 3.63) is 143 Å². The Hall–Kier alpha value is -4.37. The first-order chi connectivity index (χ1) is 16.7. The molecule has 0 spiro atoms. The lowest BCUT2D eigenvalue weighted by molar-refractivity contribution is 0.457. The van der Waals surface area contributed by atoms with E-state index in [4.69, 9.17) is 9.73 Å². The Labute approximate surface area is 200 Å². The number of anilines is 1. The molecule has 0 amide bonds. The van der Waals surface area contributed by atoms with E-state index in [1.165, 1.54) is 11.1 Å². The van der Waals surface area contributed by atoms with Crippen molar-refractivity contribution >= 4 is 28.9 Å². The Kier molecular flexibility index (Phi) is 6.09. The van der Waals surface area contributed by atoms with Crippen LogP contribution in [0.25, 0.3) is 11.6 Å². The van der Waals surface area contributed by atoms with Crippen LogP contribution in [-0.4, -0.2) is 5.90 Å². The van der Waals surface area contributed by atoms with Gasteiger partial charge in [-0.2, -0.15) is 0 Å². The quantitative estimate of drug-likeness (QED) is 0.340. The number of aliphatic imine (C=N–C) groups is 1. The molecule has 0 bridgehead atoms. The minimum Gasteiger partial charge on any atom is -0.436 e. The molecule has 0 saturated carbocycles. The molecule has 34 heavy (non-hydrogen) atoms. The zero-order valence-electron chi connectivity index (χ0n) is 19.3. The number of aryl methyl sites for hydroxylation is 2. The van der Waals surface area contributed by atoms with Crippen LogP contribution >= 0.6 is 0 Å². The number of hydrogen-bond acceptors (Lipinski definition) is 3. The lowest BCUT2D eigenvalue weighted by atomic mass is 10.0. The highest BCUT2D eigenvalue weighted by Crippen LogP contribution is 2.38. The van der Waals surface area contributed by atoms with Crippen molar-refractivity contribution < 1.29 is 4.74 Å². The van der Waals surface area contributed by atoms with E-state index in [0.29, 0.717) is 5.90 Å². The van der Waals surface area contributed by atoms with Gasteiger partial charge in [0.15, 0.2) is 0 Å². The molecule has 0 atom stereocenters. The summed E-state index contributed by atoms with van der Waals surface area (Å²) in [7, 11) is 0. The number of benzene rings is 4. The highest BCUT2D eigenvalue weighted by molar-refractivity contribution is 6.13. The zero-order chi connectivity index (χ0) is 23.3. The van der Waals surface area contributed by atoms with E-state index in [2.05, 4.69) is 85.9 Å². The summed E-state index contributed by atoms with van der Waals surface area (Å²) in [6, 6.07) is 37.0. The Bertz CT molecular complexity index is 1370. The maximum Gasteiger partial charge on any atom is 0.244 e. The third kappa shape index (κ3) is 4.84. The molecule has 0 saturated heterocycles. The summed E-state index contributed by atoms with van der Waals surface area (Å²) in [5.41, 5.74) is 8.19. The normalized spacial score (nSPS) is 15.6. The highest BCUT2D eigenvalue weighted by atomic mass is 16.5. The van der Waals surface area contributed by atoms with Gasteiger partial charge in [-0.3, -0.25) is 0 Å². The van der Waals surface area contributed by atoms with Gasteiger partial charge in [0, 0.05) is 5.69 Å². The van der Waals surface area contributed by atoms with Gasteiger partial charge in [-0.1, -0.05) is 96.1 Å². The molecular formula is C31H26N2O. The smallest absolute Gasteiger partial charge is 0.244 e. The summed E-state index contributed by atoms with van der Waals surface area (Å²) in [6.45, 7) is 4.16. The number of nitrogens with zero attached hydrogens (tertiary/aromatic N) is 1. The second kappa shape index (κ2) is 9.63. The molecule has 0 aromatic heterocycles. The van der Waals surface area contributed by atoms with Crippen LogP contribution in [0.4, 0.5) is 11.4 Å². The van der Waals surface area contributed by atoms with E-state index >= 15 is 0 Å². The summed E-state index contributed by atoms with van der Waals surface area (Å²) in [5, 5.41) is 3.60. The van der Waals surface area contributed by atoms with E-state index in [9.17, 15) is 0 Å². The second-order valence-electron chi connectivity index (χ2n) is 8.38. The first-order valence-electron chi connectivity index (χ1n) is 11.4. The van der Waals surface area contributed by atoms with Gasteiger partial charge < -0.3 is 10.1 Å². The van der Waals surface area contributed by atoms with Crippen molar-refractivity contribution in [2.75, 3.05) is 5.32 Å². The van der Waals surface area contributed by atoms with Crippen molar-refractivity contribution in [3.63, 3.8) is 0 Å². The molecule has 3 nitrogen and oxygen atoms in total. The van der Waals surface area contributed by atoms with Crippen LogP contribution in [-0.2, 0) is 4.74 Å². The molecule has 0 aliphatic carbocycles. The van der Waals surface area contributed by atoms with Crippen molar-refractivity contribution in [1.82, 2.24) is 0 Å². The minimum absolute atomic E-state index is 0.547. The largest absolute Gasteiger partial charge is 0.436 e. The molecule has 0 fully saturated rings. The summed E-state index contributed by atoms with van der Waals surface area (Å²) in [4.78, 5) is 4.90. The fraction of sp³-hybridized carbons (Fsp3) is 0.0645. The fourth-order valence-corrected chi connectivity index (χ4v) is 3.84. The van der Waals surface area contributed by atoms with Crippen LogP contribution in [0.3, 0.4) is 0 Å². The van der Waals surface area contributed by atoms with Crippen LogP contribution in [0.1, 0.15) is 22.3 Å². The van der Waals surface area contributed by atoms with Crippen molar-refractivity contribution in [2.45, 2.75) is 13.8 Å². The Morgan fingerprint density at radius 3 is 1.91 bits per heavy atom. The molecule has 1 N–H and O–H groups in total. The average molecular weight is 443 g/mol. The van der Waals surface area contributed by atoms with E-state index in [-0.39, 0.29) is 0 Å². The number of ether oxygens (including phenoxy) is 1. The van der Waals surface area contributed by atoms with Crippen LogP contribution in [0, 0.1) is 13.8 Å². The monoisotopic (exact) mass is 442 g/mol. The Morgan fingerprint density at radius 1 is 0.676 bits per heavy atom. The molecule has 1 aliphatic heterocycles. The van der Waals surface area contributed by atoms with Crippen molar-refractivity contribution in [3.8, 4) is 0 Å². The topological polar surface area (TPSA) is 33.6 Å². The van der Waals surface area contributed by atoms with Crippen LogP contribution in [0.2, 0.25) is 0 Å². The molecule has 1 heterocycles. The standard InChI is InChI=1S/C31H26N2O/c1-22-13-17-26(18-14-22)32-30-29(25-11-7-4-8-12-25)28(21-24-9-5-3-6-10-24)34-31(30)33-27-19-15-23(2)16-20-27/h3-21,32H,1-2H3/b28-21-,33-31?. The van der Waals surface area contributed by atoms with E-state index in [1.54, 1.807) is 0 Å². The van der Waals surface area contributed by atoms with Gasteiger partial charge in [-0.05, 0) is 55.3 Å². The van der Waals surface area contributed by atoms with Gasteiger partial charge >= 0.3 is 0 Å². The third-order valence-corrected chi connectivity index (χ3v) is 5.66. The molecule has 166 valence electrons. The lowest BCUT2D eigenvalue weighted by Crippen LogP contribution is -2.09. The zero-order valence-corrected chi connectivity index (χ0v) is 19.3. The summed E-state index contributed by atoms with van der Waals surface area (Å²) in [5.74, 6) is 1.31. The van der Waals surface area contributed by atoms with Gasteiger partial charge in [-0.25, -0.2) is 4.99 Å².